The number of alkyl halides is 1. The first-order valence-corrected chi connectivity index (χ1v) is 8.78. The maximum Gasteiger partial charge on any atom is 0.219 e. The van der Waals surface area contributed by atoms with E-state index in [0.29, 0.717) is 17.8 Å². The smallest absolute Gasteiger partial charge is 0.219 e. The SMILES string of the molecule is CC(=O)N1CCC(Nc2cc(C(=O)CC[C@H](O)CCl)ccn2)CC1. The minimum absolute atomic E-state index is 0.0315. The molecule has 1 aromatic heterocycles. The van der Waals surface area contributed by atoms with Gasteiger partial charge in [-0.2, -0.15) is 0 Å². The first-order valence-electron chi connectivity index (χ1n) is 8.25. The zero-order valence-electron chi connectivity index (χ0n) is 13.9. The van der Waals surface area contributed by atoms with E-state index in [1.807, 2.05) is 4.90 Å². The Morgan fingerprint density at radius 1 is 1.46 bits per heavy atom. The molecule has 1 aliphatic rings. The van der Waals surface area contributed by atoms with Gasteiger partial charge in [-0.25, -0.2) is 4.98 Å². The second-order valence-electron chi connectivity index (χ2n) is 6.12. The highest BCUT2D eigenvalue weighted by atomic mass is 35.5. The molecule has 0 unspecified atom stereocenters. The van der Waals surface area contributed by atoms with Gasteiger partial charge in [0, 0.05) is 50.1 Å². The standard InChI is InChI=1S/C17H24ClN3O3/c1-12(22)21-8-5-14(6-9-21)20-17-10-13(4-7-19-17)16(24)3-2-15(23)11-18/h4,7,10,14-15,23H,2-3,5-6,8-9,11H2,1H3,(H,19,20)/t15-/m0/s1. The molecule has 24 heavy (non-hydrogen) atoms. The number of halogens is 1. The minimum Gasteiger partial charge on any atom is -0.392 e. The van der Waals surface area contributed by atoms with Crippen molar-refractivity contribution in [3.63, 3.8) is 0 Å². The Morgan fingerprint density at radius 3 is 2.79 bits per heavy atom. The Labute approximate surface area is 147 Å². The van der Waals surface area contributed by atoms with Gasteiger partial charge in [0.15, 0.2) is 5.78 Å². The maximum absolute atomic E-state index is 12.2. The summed E-state index contributed by atoms with van der Waals surface area (Å²) < 4.78 is 0. The van der Waals surface area contributed by atoms with Crippen molar-refractivity contribution < 1.29 is 14.7 Å². The molecule has 1 saturated heterocycles. The van der Waals surface area contributed by atoms with Crippen LogP contribution in [0.4, 0.5) is 5.82 Å². The number of hydrogen-bond acceptors (Lipinski definition) is 5. The Bertz CT molecular complexity index is 574. The molecule has 1 fully saturated rings. The van der Waals surface area contributed by atoms with E-state index < -0.39 is 6.10 Å². The number of amides is 1. The van der Waals surface area contributed by atoms with Gasteiger partial charge >= 0.3 is 0 Å². The highest BCUT2D eigenvalue weighted by Crippen LogP contribution is 2.17. The Balaban J connectivity index is 1.89. The number of nitrogens with zero attached hydrogens (tertiary/aromatic N) is 2. The number of Topliss-reactive ketones (excluding diaryl/α,β-unsaturated/α-hetero) is 1. The first-order chi connectivity index (χ1) is 11.5. The number of pyridine rings is 1. The van der Waals surface area contributed by atoms with Crippen LogP contribution in [0.3, 0.4) is 0 Å². The maximum atomic E-state index is 12.2. The van der Waals surface area contributed by atoms with Gasteiger partial charge < -0.3 is 15.3 Å². The summed E-state index contributed by atoms with van der Waals surface area (Å²) in [6.07, 6.45) is 3.30. The molecule has 6 nitrogen and oxygen atoms in total. The molecule has 0 bridgehead atoms. The minimum atomic E-state index is -0.651. The molecule has 1 aromatic rings. The van der Waals surface area contributed by atoms with Crippen LogP contribution in [-0.2, 0) is 4.79 Å². The average molecular weight is 354 g/mol. The fourth-order valence-electron chi connectivity index (χ4n) is 2.75. The number of aromatic nitrogens is 1. The van der Waals surface area contributed by atoms with Crippen LogP contribution in [0.5, 0.6) is 0 Å². The van der Waals surface area contributed by atoms with Crippen LogP contribution in [0, 0.1) is 0 Å². The molecule has 0 spiro atoms. The number of anilines is 1. The predicted molar refractivity (Wildman–Crippen MR) is 93.4 cm³/mol. The van der Waals surface area contributed by atoms with Gasteiger partial charge in [-0.3, -0.25) is 9.59 Å². The number of aliphatic hydroxyl groups excluding tert-OH is 1. The number of aliphatic hydroxyl groups is 1. The van der Waals surface area contributed by atoms with E-state index in [4.69, 9.17) is 11.6 Å². The second kappa shape index (κ2) is 8.99. The number of rotatable bonds is 7. The number of carbonyl (C=O) groups excluding carboxylic acids is 2. The lowest BCUT2D eigenvalue weighted by Gasteiger charge is -2.32. The number of likely N-dealkylation sites (tertiary alicyclic amines) is 1. The quantitative estimate of drug-likeness (QED) is 0.579. The molecular weight excluding hydrogens is 330 g/mol. The summed E-state index contributed by atoms with van der Waals surface area (Å²) in [5.74, 6) is 0.879. The van der Waals surface area contributed by atoms with Crippen LogP contribution in [0.15, 0.2) is 18.3 Å². The van der Waals surface area contributed by atoms with Crippen LogP contribution < -0.4 is 5.32 Å². The van der Waals surface area contributed by atoms with E-state index >= 15 is 0 Å². The molecule has 0 radical (unpaired) electrons. The predicted octanol–water partition coefficient (Wildman–Crippen LogP) is 2.07. The van der Waals surface area contributed by atoms with Gasteiger partial charge in [-0.15, -0.1) is 11.6 Å². The van der Waals surface area contributed by atoms with Gasteiger partial charge in [-0.05, 0) is 31.4 Å². The van der Waals surface area contributed by atoms with Crippen molar-refractivity contribution in [1.29, 1.82) is 0 Å². The molecule has 0 aliphatic carbocycles. The van der Waals surface area contributed by atoms with Crippen LogP contribution in [0.25, 0.3) is 0 Å². The lowest BCUT2D eigenvalue weighted by atomic mass is 10.0. The molecular formula is C17H24ClN3O3. The fourth-order valence-corrected chi connectivity index (χ4v) is 2.90. The van der Waals surface area contributed by atoms with E-state index in [0.717, 1.165) is 25.9 Å². The zero-order valence-corrected chi connectivity index (χ0v) is 14.6. The van der Waals surface area contributed by atoms with Crippen molar-refractivity contribution in [3.8, 4) is 0 Å². The fraction of sp³-hybridized carbons (Fsp3) is 0.588. The molecule has 132 valence electrons. The summed E-state index contributed by atoms with van der Waals surface area (Å²) in [7, 11) is 0. The van der Waals surface area contributed by atoms with Crippen molar-refractivity contribution in [1.82, 2.24) is 9.88 Å². The molecule has 2 N–H and O–H groups in total. The third-order valence-corrected chi connectivity index (χ3v) is 4.61. The van der Waals surface area contributed by atoms with Gasteiger partial charge in [0.1, 0.15) is 5.82 Å². The second-order valence-corrected chi connectivity index (χ2v) is 6.43. The molecule has 1 atom stereocenters. The lowest BCUT2D eigenvalue weighted by Crippen LogP contribution is -2.41. The number of carbonyl (C=O) groups is 2. The normalized spacial score (nSPS) is 16.7. The highest BCUT2D eigenvalue weighted by molar-refractivity contribution is 6.18. The van der Waals surface area contributed by atoms with E-state index in [2.05, 4.69) is 10.3 Å². The van der Waals surface area contributed by atoms with E-state index in [-0.39, 0.29) is 30.0 Å². The van der Waals surface area contributed by atoms with Gasteiger partial charge in [-0.1, -0.05) is 0 Å². The number of piperidine rings is 1. The topological polar surface area (TPSA) is 82.5 Å². The average Bonchev–Trinajstić information content (AvgIpc) is 2.60. The Kier molecular flexibility index (Phi) is 6.99. The molecule has 1 amide bonds. The van der Waals surface area contributed by atoms with Gasteiger partial charge in [0.05, 0.1) is 6.10 Å². The van der Waals surface area contributed by atoms with Crippen molar-refractivity contribution >= 4 is 29.1 Å². The number of ketones is 1. The largest absolute Gasteiger partial charge is 0.392 e. The molecule has 0 aromatic carbocycles. The third-order valence-electron chi connectivity index (χ3n) is 4.26. The van der Waals surface area contributed by atoms with Gasteiger partial charge in [0.25, 0.3) is 0 Å². The summed E-state index contributed by atoms with van der Waals surface area (Å²) in [6.45, 7) is 3.06. The number of hydrogen-bond donors (Lipinski definition) is 2. The van der Waals surface area contributed by atoms with Crippen LogP contribution in [-0.4, -0.2) is 57.8 Å². The van der Waals surface area contributed by atoms with Crippen LogP contribution >= 0.6 is 11.6 Å². The summed E-state index contributed by atoms with van der Waals surface area (Å²) in [4.78, 5) is 29.6. The van der Waals surface area contributed by atoms with Crippen LogP contribution in [0.1, 0.15) is 43.0 Å². The van der Waals surface area contributed by atoms with Crippen molar-refractivity contribution in [3.05, 3.63) is 23.9 Å². The lowest BCUT2D eigenvalue weighted by molar-refractivity contribution is -0.129. The zero-order chi connectivity index (χ0) is 17.5. The van der Waals surface area contributed by atoms with E-state index in [1.54, 1.807) is 25.3 Å². The summed E-state index contributed by atoms with van der Waals surface area (Å²) >= 11 is 5.54. The Hall–Kier alpha value is -1.66. The summed E-state index contributed by atoms with van der Waals surface area (Å²) in [5, 5.41) is 12.8. The van der Waals surface area contributed by atoms with Crippen molar-refractivity contribution in [2.24, 2.45) is 0 Å². The van der Waals surface area contributed by atoms with Crippen molar-refractivity contribution in [2.45, 2.75) is 44.8 Å². The van der Waals surface area contributed by atoms with Gasteiger partial charge in [0.2, 0.25) is 5.91 Å². The van der Waals surface area contributed by atoms with E-state index in [1.165, 1.54) is 0 Å². The van der Waals surface area contributed by atoms with Crippen molar-refractivity contribution in [2.75, 3.05) is 24.3 Å². The Morgan fingerprint density at radius 2 is 2.17 bits per heavy atom. The summed E-state index contributed by atoms with van der Waals surface area (Å²) in [6, 6.07) is 3.67. The molecule has 1 aliphatic heterocycles. The third kappa shape index (κ3) is 5.46. The molecule has 7 heteroatoms. The first kappa shape index (κ1) is 18.7. The van der Waals surface area contributed by atoms with E-state index in [9.17, 15) is 14.7 Å². The molecule has 0 saturated carbocycles. The number of nitrogens with one attached hydrogen (secondary N) is 1. The monoisotopic (exact) mass is 353 g/mol. The molecule has 2 heterocycles. The molecule has 2 rings (SSSR count). The highest BCUT2D eigenvalue weighted by Gasteiger charge is 2.21. The summed E-state index contributed by atoms with van der Waals surface area (Å²) in [5.41, 5.74) is 0.579. The van der Waals surface area contributed by atoms with Crippen LogP contribution in [0.2, 0.25) is 0 Å².